The average Bonchev–Trinajstić information content (AvgIpc) is 3.60. The van der Waals surface area contributed by atoms with E-state index in [-0.39, 0.29) is 29.2 Å². The van der Waals surface area contributed by atoms with Gasteiger partial charge < -0.3 is 20.2 Å². The molecule has 0 saturated heterocycles. The fraction of sp³-hybridized carbons (Fsp3) is 0.292. The van der Waals surface area contributed by atoms with Gasteiger partial charge in [0.1, 0.15) is 23.1 Å². The summed E-state index contributed by atoms with van der Waals surface area (Å²) < 4.78 is 30.2. The van der Waals surface area contributed by atoms with Crippen LogP contribution >= 0.6 is 0 Å². The first kappa shape index (κ1) is 22.1. The van der Waals surface area contributed by atoms with Gasteiger partial charge in [-0.05, 0) is 37.8 Å². The Kier molecular flexibility index (Phi) is 5.35. The number of aromatic nitrogens is 7. The molecule has 1 fully saturated rings. The van der Waals surface area contributed by atoms with Crippen LogP contribution in [0.5, 0.6) is 0 Å². The maximum Gasteiger partial charge on any atom is 0.273 e. The normalized spacial score (nSPS) is 18.1. The van der Waals surface area contributed by atoms with Gasteiger partial charge in [-0.25, -0.2) is 18.7 Å². The van der Waals surface area contributed by atoms with Crippen LogP contribution in [-0.4, -0.2) is 52.9 Å². The molecule has 36 heavy (non-hydrogen) atoms. The molecule has 2 atom stereocenters. The Balaban J connectivity index is 1.31. The van der Waals surface area contributed by atoms with E-state index in [4.69, 9.17) is 9.97 Å². The van der Waals surface area contributed by atoms with Crippen molar-refractivity contribution in [1.82, 2.24) is 40.2 Å². The summed E-state index contributed by atoms with van der Waals surface area (Å²) in [7, 11) is 1.88. The van der Waals surface area contributed by atoms with Gasteiger partial charge in [0, 0.05) is 48.5 Å². The predicted octanol–water partition coefficient (Wildman–Crippen LogP) is 3.67. The topological polar surface area (TPSA) is 129 Å². The number of hydrogen-bond acceptors (Lipinski definition) is 6. The van der Waals surface area contributed by atoms with Crippen LogP contribution in [0, 0.1) is 11.6 Å². The minimum Gasteiger partial charge on any atom is -0.367 e. The Morgan fingerprint density at radius 1 is 1.14 bits per heavy atom. The van der Waals surface area contributed by atoms with Crippen molar-refractivity contribution in [3.8, 4) is 11.4 Å². The highest BCUT2D eigenvalue weighted by Crippen LogP contribution is 2.33. The molecule has 0 aliphatic heterocycles. The number of rotatable bonds is 5. The number of anilines is 1. The molecule has 1 aliphatic carbocycles. The molecule has 184 valence electrons. The van der Waals surface area contributed by atoms with Gasteiger partial charge in [-0.3, -0.25) is 9.89 Å². The van der Waals surface area contributed by atoms with Crippen molar-refractivity contribution < 1.29 is 13.6 Å². The number of nitrogens with zero attached hydrogens (tertiary/aromatic N) is 5. The highest BCUT2D eigenvalue weighted by atomic mass is 19.1. The molecule has 5 aromatic rings. The number of halogens is 2. The number of aromatic amines is 2. The lowest BCUT2D eigenvalue weighted by molar-refractivity contribution is 0.0921. The van der Waals surface area contributed by atoms with E-state index in [0.29, 0.717) is 34.7 Å². The molecule has 4 N–H and O–H groups in total. The van der Waals surface area contributed by atoms with Crippen LogP contribution in [0.3, 0.4) is 0 Å². The van der Waals surface area contributed by atoms with Gasteiger partial charge in [-0.1, -0.05) is 5.21 Å². The lowest BCUT2D eigenvalue weighted by Crippen LogP contribution is -2.42. The number of carbonyl (C=O) groups is 1. The maximum atomic E-state index is 14.3. The standard InChI is InChI=1S/C24H23F2N9O/c1-35-6-5-15-21(29-13-3-2-4-14(9-13)30-24(36)19-11-28-34-33-19)31-22(32-23(15)35)17-10-27-20-16(17)7-12(25)8-18(20)26/h5-8,10-11,13-14,27H,2-4,9H2,1H3,(H,30,36)(H,28,33,34)(H,29,31,32)/t13-,14+/m0/s1. The molecule has 1 saturated carbocycles. The third-order valence-corrected chi connectivity index (χ3v) is 6.67. The second kappa shape index (κ2) is 8.70. The Morgan fingerprint density at radius 2 is 2.00 bits per heavy atom. The van der Waals surface area contributed by atoms with Crippen molar-refractivity contribution in [2.45, 2.75) is 37.8 Å². The fourth-order valence-corrected chi connectivity index (χ4v) is 4.92. The van der Waals surface area contributed by atoms with Crippen molar-refractivity contribution in [3.63, 3.8) is 0 Å². The zero-order chi connectivity index (χ0) is 24.8. The zero-order valence-electron chi connectivity index (χ0n) is 19.3. The van der Waals surface area contributed by atoms with Crippen LogP contribution in [-0.2, 0) is 7.05 Å². The monoisotopic (exact) mass is 491 g/mol. The van der Waals surface area contributed by atoms with Gasteiger partial charge in [0.25, 0.3) is 5.91 Å². The molecule has 12 heteroatoms. The van der Waals surface area contributed by atoms with E-state index in [0.717, 1.165) is 30.7 Å². The van der Waals surface area contributed by atoms with E-state index in [9.17, 15) is 13.6 Å². The number of hydrogen-bond donors (Lipinski definition) is 4. The summed E-state index contributed by atoms with van der Waals surface area (Å²) in [5.41, 5.74) is 1.66. The number of amides is 1. The van der Waals surface area contributed by atoms with E-state index < -0.39 is 11.6 Å². The molecule has 0 bridgehead atoms. The molecule has 0 radical (unpaired) electrons. The molecule has 1 amide bonds. The molecular formula is C24H23F2N9O. The molecule has 4 heterocycles. The van der Waals surface area contributed by atoms with Crippen molar-refractivity contribution in [3.05, 3.63) is 54.1 Å². The number of H-pyrrole nitrogens is 2. The SMILES string of the molecule is Cn1ccc2c(N[C@H]3CCC[C@@H](NC(=O)c4c[nH]nn4)C3)nc(-c3c[nH]c4c(F)cc(F)cc34)nc21. The minimum atomic E-state index is -0.671. The highest BCUT2D eigenvalue weighted by molar-refractivity contribution is 5.96. The molecule has 0 unspecified atom stereocenters. The molecule has 0 spiro atoms. The van der Waals surface area contributed by atoms with Crippen molar-refractivity contribution in [2.24, 2.45) is 7.05 Å². The second-order valence-electron chi connectivity index (χ2n) is 9.11. The largest absolute Gasteiger partial charge is 0.367 e. The van der Waals surface area contributed by atoms with Gasteiger partial charge in [0.05, 0.1) is 17.1 Å². The van der Waals surface area contributed by atoms with Crippen LogP contribution in [0.2, 0.25) is 0 Å². The number of nitrogens with one attached hydrogen (secondary N) is 4. The van der Waals surface area contributed by atoms with E-state index in [2.05, 4.69) is 31.0 Å². The summed E-state index contributed by atoms with van der Waals surface area (Å²) in [4.78, 5) is 24.8. The number of aryl methyl sites for hydroxylation is 1. The third kappa shape index (κ3) is 3.93. The average molecular weight is 492 g/mol. The number of fused-ring (bicyclic) bond motifs is 2. The van der Waals surface area contributed by atoms with E-state index in [1.807, 2.05) is 23.9 Å². The van der Waals surface area contributed by atoms with Crippen LogP contribution in [0.1, 0.15) is 36.2 Å². The Morgan fingerprint density at radius 3 is 2.83 bits per heavy atom. The van der Waals surface area contributed by atoms with E-state index >= 15 is 0 Å². The quantitative estimate of drug-likeness (QED) is 0.297. The van der Waals surface area contributed by atoms with Gasteiger partial charge in [-0.2, -0.15) is 0 Å². The third-order valence-electron chi connectivity index (χ3n) is 6.67. The van der Waals surface area contributed by atoms with Gasteiger partial charge in [0.2, 0.25) is 0 Å². The number of benzene rings is 1. The lowest BCUT2D eigenvalue weighted by Gasteiger charge is -2.30. The van der Waals surface area contributed by atoms with Gasteiger partial charge in [0.15, 0.2) is 11.5 Å². The molecular weight excluding hydrogens is 468 g/mol. The zero-order valence-corrected chi connectivity index (χ0v) is 19.3. The summed E-state index contributed by atoms with van der Waals surface area (Å²) in [5, 5.41) is 17.7. The van der Waals surface area contributed by atoms with Crippen LogP contribution < -0.4 is 10.6 Å². The van der Waals surface area contributed by atoms with Crippen LogP contribution in [0.4, 0.5) is 14.6 Å². The molecule has 6 rings (SSSR count). The maximum absolute atomic E-state index is 14.3. The summed E-state index contributed by atoms with van der Waals surface area (Å²) in [6.07, 6.45) is 8.36. The Hall–Kier alpha value is -4.35. The summed E-state index contributed by atoms with van der Waals surface area (Å²) in [6.45, 7) is 0. The first-order valence-electron chi connectivity index (χ1n) is 11.7. The van der Waals surface area contributed by atoms with Crippen LogP contribution in [0.25, 0.3) is 33.3 Å². The Bertz CT molecular complexity index is 1570. The smallest absolute Gasteiger partial charge is 0.273 e. The molecule has 1 aromatic carbocycles. The fourth-order valence-electron chi connectivity index (χ4n) is 4.92. The number of carbonyl (C=O) groups excluding carboxylic acids is 1. The minimum absolute atomic E-state index is 0.0208. The molecule has 1 aliphatic rings. The molecule has 10 nitrogen and oxygen atoms in total. The second-order valence-corrected chi connectivity index (χ2v) is 9.11. The highest BCUT2D eigenvalue weighted by Gasteiger charge is 2.26. The summed E-state index contributed by atoms with van der Waals surface area (Å²) in [6, 6.07) is 4.09. The van der Waals surface area contributed by atoms with Gasteiger partial charge in [-0.15, -0.1) is 5.10 Å². The van der Waals surface area contributed by atoms with Crippen LogP contribution in [0.15, 0.2) is 36.8 Å². The van der Waals surface area contributed by atoms with Gasteiger partial charge >= 0.3 is 0 Å². The van der Waals surface area contributed by atoms with Crippen molar-refractivity contribution in [1.29, 1.82) is 0 Å². The summed E-state index contributed by atoms with van der Waals surface area (Å²) >= 11 is 0. The molecule has 4 aromatic heterocycles. The van der Waals surface area contributed by atoms with Crippen molar-refractivity contribution in [2.75, 3.05) is 5.32 Å². The van der Waals surface area contributed by atoms with E-state index in [1.54, 1.807) is 6.20 Å². The first-order chi connectivity index (χ1) is 17.5. The van der Waals surface area contributed by atoms with E-state index in [1.165, 1.54) is 12.3 Å². The van der Waals surface area contributed by atoms with Crippen molar-refractivity contribution >= 4 is 33.7 Å². The lowest BCUT2D eigenvalue weighted by atomic mass is 9.90. The summed E-state index contributed by atoms with van der Waals surface area (Å²) in [5.74, 6) is -0.608. The first-order valence-corrected chi connectivity index (χ1v) is 11.7. The predicted molar refractivity (Wildman–Crippen MR) is 129 cm³/mol. The Labute approximate surface area is 203 Å².